The highest BCUT2D eigenvalue weighted by molar-refractivity contribution is 6.04. The van der Waals surface area contributed by atoms with Crippen molar-refractivity contribution in [1.29, 1.82) is 0 Å². The molecule has 3 aromatic rings. The lowest BCUT2D eigenvalue weighted by atomic mass is 10.1. The van der Waals surface area contributed by atoms with Gasteiger partial charge in [-0.3, -0.25) is 4.79 Å². The Morgan fingerprint density at radius 2 is 1.54 bits per heavy atom. The zero-order valence-corrected chi connectivity index (χ0v) is 15.4. The number of ether oxygens (including phenoxy) is 1. The summed E-state index contributed by atoms with van der Waals surface area (Å²) in [5.74, 6) is 0.739. The molecule has 3 heteroatoms. The van der Waals surface area contributed by atoms with Gasteiger partial charge in [-0.25, -0.2) is 0 Å². The first-order valence-electron chi connectivity index (χ1n) is 8.68. The molecule has 0 bridgehead atoms. The molecule has 3 rings (SSSR count). The molecule has 1 N–H and O–H groups in total. The smallest absolute Gasteiger partial charge is 0.255 e. The third-order valence-corrected chi connectivity index (χ3v) is 4.09. The van der Waals surface area contributed by atoms with Gasteiger partial charge in [0.1, 0.15) is 12.4 Å². The van der Waals surface area contributed by atoms with Crippen LogP contribution in [0, 0.1) is 20.8 Å². The molecule has 0 atom stereocenters. The first-order valence-corrected chi connectivity index (χ1v) is 8.68. The van der Waals surface area contributed by atoms with E-state index in [0.717, 1.165) is 28.1 Å². The number of benzene rings is 3. The Morgan fingerprint density at radius 1 is 0.846 bits per heavy atom. The van der Waals surface area contributed by atoms with Gasteiger partial charge in [0, 0.05) is 11.3 Å². The standard InChI is InChI=1S/C23H23NO2/c1-16-5-4-6-22(14-16)26-15-19-7-9-20(10-8-19)23(25)24-21-12-17(2)11-18(3)13-21/h4-14H,15H2,1-3H3,(H,24,25). The van der Waals surface area contributed by atoms with Gasteiger partial charge in [0.15, 0.2) is 0 Å². The molecule has 132 valence electrons. The molecule has 26 heavy (non-hydrogen) atoms. The van der Waals surface area contributed by atoms with Crippen molar-refractivity contribution in [3.8, 4) is 5.75 Å². The van der Waals surface area contributed by atoms with Crippen molar-refractivity contribution >= 4 is 11.6 Å². The van der Waals surface area contributed by atoms with Gasteiger partial charge in [0.2, 0.25) is 0 Å². The number of anilines is 1. The largest absolute Gasteiger partial charge is 0.489 e. The Hall–Kier alpha value is -3.07. The molecule has 0 saturated carbocycles. The van der Waals surface area contributed by atoms with Gasteiger partial charge in [-0.1, -0.05) is 30.3 Å². The fourth-order valence-electron chi connectivity index (χ4n) is 2.87. The summed E-state index contributed by atoms with van der Waals surface area (Å²) in [7, 11) is 0. The summed E-state index contributed by atoms with van der Waals surface area (Å²) in [6.45, 7) is 6.55. The highest BCUT2D eigenvalue weighted by atomic mass is 16.5. The lowest BCUT2D eigenvalue weighted by Gasteiger charge is -2.09. The number of amides is 1. The van der Waals surface area contributed by atoms with Crippen molar-refractivity contribution in [2.75, 3.05) is 5.32 Å². The minimum absolute atomic E-state index is 0.110. The lowest BCUT2D eigenvalue weighted by Crippen LogP contribution is -2.12. The molecule has 3 nitrogen and oxygen atoms in total. The van der Waals surface area contributed by atoms with E-state index in [1.165, 1.54) is 5.56 Å². The number of nitrogens with one attached hydrogen (secondary N) is 1. The van der Waals surface area contributed by atoms with Gasteiger partial charge in [-0.05, 0) is 79.4 Å². The summed E-state index contributed by atoms with van der Waals surface area (Å²) in [6.07, 6.45) is 0. The van der Waals surface area contributed by atoms with Crippen molar-refractivity contribution in [1.82, 2.24) is 0 Å². The van der Waals surface area contributed by atoms with Gasteiger partial charge in [-0.15, -0.1) is 0 Å². The fraction of sp³-hybridized carbons (Fsp3) is 0.174. The number of carbonyl (C=O) groups is 1. The summed E-state index contributed by atoms with van der Waals surface area (Å²) >= 11 is 0. The van der Waals surface area contributed by atoms with E-state index < -0.39 is 0 Å². The van der Waals surface area contributed by atoms with Crippen LogP contribution < -0.4 is 10.1 Å². The predicted octanol–water partition coefficient (Wildman–Crippen LogP) is 5.44. The van der Waals surface area contributed by atoms with E-state index in [1.807, 2.05) is 81.4 Å². The summed E-state index contributed by atoms with van der Waals surface area (Å²) in [5, 5.41) is 2.95. The van der Waals surface area contributed by atoms with Gasteiger partial charge in [0.05, 0.1) is 0 Å². The third-order valence-electron chi connectivity index (χ3n) is 4.09. The Balaban J connectivity index is 1.62. The van der Waals surface area contributed by atoms with Crippen LogP contribution in [0.1, 0.15) is 32.6 Å². The van der Waals surface area contributed by atoms with Crippen LogP contribution in [0.3, 0.4) is 0 Å². The predicted molar refractivity (Wildman–Crippen MR) is 106 cm³/mol. The van der Waals surface area contributed by atoms with Crippen LogP contribution in [0.25, 0.3) is 0 Å². The number of carbonyl (C=O) groups excluding carboxylic acids is 1. The van der Waals surface area contributed by atoms with E-state index in [9.17, 15) is 4.79 Å². The number of hydrogen-bond donors (Lipinski definition) is 1. The van der Waals surface area contributed by atoms with Crippen LogP contribution in [-0.2, 0) is 6.61 Å². The number of aryl methyl sites for hydroxylation is 3. The average molecular weight is 345 g/mol. The topological polar surface area (TPSA) is 38.3 Å². The molecule has 3 aromatic carbocycles. The summed E-state index contributed by atoms with van der Waals surface area (Å²) in [6, 6.07) is 21.5. The SMILES string of the molecule is Cc1cc(C)cc(NC(=O)c2ccc(COc3cccc(C)c3)cc2)c1. The van der Waals surface area contributed by atoms with Gasteiger partial charge < -0.3 is 10.1 Å². The molecule has 1 amide bonds. The molecular formula is C23H23NO2. The maximum atomic E-state index is 12.4. The third kappa shape index (κ3) is 4.73. The van der Waals surface area contributed by atoms with Crippen molar-refractivity contribution in [3.05, 3.63) is 94.5 Å². The molecular weight excluding hydrogens is 322 g/mol. The highest BCUT2D eigenvalue weighted by Crippen LogP contribution is 2.17. The molecule has 0 radical (unpaired) electrons. The molecule has 0 aliphatic rings. The van der Waals surface area contributed by atoms with Gasteiger partial charge in [-0.2, -0.15) is 0 Å². The molecule has 0 saturated heterocycles. The van der Waals surface area contributed by atoms with Gasteiger partial charge in [0.25, 0.3) is 5.91 Å². The van der Waals surface area contributed by atoms with Crippen LogP contribution in [0.15, 0.2) is 66.7 Å². The van der Waals surface area contributed by atoms with Crippen molar-refractivity contribution in [3.63, 3.8) is 0 Å². The Bertz CT molecular complexity index is 893. The average Bonchev–Trinajstić information content (AvgIpc) is 2.59. The normalized spacial score (nSPS) is 10.4. The second-order valence-electron chi connectivity index (χ2n) is 6.63. The van der Waals surface area contributed by atoms with Crippen LogP contribution in [-0.4, -0.2) is 5.91 Å². The summed E-state index contributed by atoms with van der Waals surface area (Å²) in [4.78, 5) is 12.4. The second-order valence-corrected chi connectivity index (χ2v) is 6.63. The van der Waals surface area contributed by atoms with Crippen LogP contribution >= 0.6 is 0 Å². The Labute approximate surface area is 154 Å². The first kappa shape index (κ1) is 17.7. The zero-order valence-electron chi connectivity index (χ0n) is 15.4. The maximum absolute atomic E-state index is 12.4. The van der Waals surface area contributed by atoms with Crippen molar-refractivity contribution in [2.45, 2.75) is 27.4 Å². The quantitative estimate of drug-likeness (QED) is 0.668. The van der Waals surface area contributed by atoms with E-state index in [-0.39, 0.29) is 5.91 Å². The summed E-state index contributed by atoms with van der Waals surface area (Å²) in [5.41, 5.74) is 5.89. The van der Waals surface area contributed by atoms with E-state index in [1.54, 1.807) is 0 Å². The molecule has 0 aliphatic heterocycles. The minimum atomic E-state index is -0.110. The Kier molecular flexibility index (Phi) is 5.37. The van der Waals surface area contributed by atoms with E-state index >= 15 is 0 Å². The minimum Gasteiger partial charge on any atom is -0.489 e. The summed E-state index contributed by atoms with van der Waals surface area (Å²) < 4.78 is 5.79. The first-order chi connectivity index (χ1) is 12.5. The second kappa shape index (κ2) is 7.87. The van der Waals surface area contributed by atoms with E-state index in [0.29, 0.717) is 12.2 Å². The monoisotopic (exact) mass is 345 g/mol. The van der Waals surface area contributed by atoms with Crippen molar-refractivity contribution < 1.29 is 9.53 Å². The van der Waals surface area contributed by atoms with Crippen LogP contribution in [0.2, 0.25) is 0 Å². The Morgan fingerprint density at radius 3 is 2.19 bits per heavy atom. The van der Waals surface area contributed by atoms with E-state index in [4.69, 9.17) is 4.74 Å². The molecule has 0 aliphatic carbocycles. The zero-order chi connectivity index (χ0) is 18.5. The van der Waals surface area contributed by atoms with Crippen LogP contribution in [0.5, 0.6) is 5.75 Å². The lowest BCUT2D eigenvalue weighted by molar-refractivity contribution is 0.102. The van der Waals surface area contributed by atoms with Gasteiger partial charge >= 0.3 is 0 Å². The fourth-order valence-corrected chi connectivity index (χ4v) is 2.87. The highest BCUT2D eigenvalue weighted by Gasteiger charge is 2.07. The molecule has 0 unspecified atom stereocenters. The van der Waals surface area contributed by atoms with Crippen molar-refractivity contribution in [2.24, 2.45) is 0 Å². The van der Waals surface area contributed by atoms with E-state index in [2.05, 4.69) is 11.4 Å². The number of hydrogen-bond acceptors (Lipinski definition) is 2. The molecule has 0 heterocycles. The molecule has 0 spiro atoms. The van der Waals surface area contributed by atoms with Crippen LogP contribution in [0.4, 0.5) is 5.69 Å². The molecule has 0 fully saturated rings. The number of rotatable bonds is 5. The molecule has 0 aromatic heterocycles. The maximum Gasteiger partial charge on any atom is 0.255 e.